The van der Waals surface area contributed by atoms with Crippen molar-refractivity contribution in [2.45, 2.75) is 6.92 Å². The molecule has 0 saturated heterocycles. The second-order valence-electron chi connectivity index (χ2n) is 4.67. The Bertz CT molecular complexity index is 750. The number of amides is 1. The Hall–Kier alpha value is -2.60. The van der Waals surface area contributed by atoms with Gasteiger partial charge in [-0.3, -0.25) is 15.0 Å². The fourth-order valence-electron chi connectivity index (χ4n) is 2.18. The Balaban J connectivity index is 2.67. The predicted molar refractivity (Wildman–Crippen MR) is 80.1 cm³/mol. The van der Waals surface area contributed by atoms with E-state index in [9.17, 15) is 9.59 Å². The molecule has 6 heteroatoms. The summed E-state index contributed by atoms with van der Waals surface area (Å²) in [6, 6.07) is 8.85. The molecule has 3 N–H and O–H groups in total. The number of nitrogens with two attached hydrogens (primary N) is 1. The van der Waals surface area contributed by atoms with Gasteiger partial charge in [0.25, 0.3) is 11.5 Å². The van der Waals surface area contributed by atoms with Crippen LogP contribution >= 0.6 is 0 Å². The zero-order valence-electron chi connectivity index (χ0n) is 12.1. The highest BCUT2D eigenvalue weighted by atomic mass is 16.5. The van der Waals surface area contributed by atoms with E-state index >= 15 is 0 Å². The number of carbonyl (C=O) groups is 1. The molecule has 0 unspecified atom stereocenters. The molecule has 110 valence electrons. The highest BCUT2D eigenvalue weighted by molar-refractivity contribution is 5.93. The first-order valence-electron chi connectivity index (χ1n) is 6.35. The molecule has 1 aromatic heterocycles. The molecule has 1 amide bonds. The highest BCUT2D eigenvalue weighted by Crippen LogP contribution is 2.29. The van der Waals surface area contributed by atoms with Crippen LogP contribution in [0.2, 0.25) is 0 Å². The molecule has 0 atom stereocenters. The van der Waals surface area contributed by atoms with Gasteiger partial charge in [-0.05, 0) is 31.2 Å². The van der Waals surface area contributed by atoms with Gasteiger partial charge >= 0.3 is 0 Å². The maximum Gasteiger partial charge on any atom is 0.270 e. The van der Waals surface area contributed by atoms with Crippen LogP contribution in [0, 0.1) is 6.92 Å². The van der Waals surface area contributed by atoms with Gasteiger partial charge < -0.3 is 9.30 Å². The van der Waals surface area contributed by atoms with Crippen LogP contribution in [0.25, 0.3) is 11.3 Å². The van der Waals surface area contributed by atoms with Crippen LogP contribution < -0.4 is 21.6 Å². The molecule has 0 fully saturated rings. The molecule has 2 rings (SSSR count). The van der Waals surface area contributed by atoms with Gasteiger partial charge in [0.15, 0.2) is 0 Å². The Morgan fingerprint density at radius 2 is 2.00 bits per heavy atom. The number of benzene rings is 1. The lowest BCUT2D eigenvalue weighted by Crippen LogP contribution is -2.36. The first-order valence-corrected chi connectivity index (χ1v) is 6.35. The molecule has 6 nitrogen and oxygen atoms in total. The number of pyridine rings is 1. The summed E-state index contributed by atoms with van der Waals surface area (Å²) < 4.78 is 6.74. The maximum absolute atomic E-state index is 12.3. The zero-order valence-corrected chi connectivity index (χ0v) is 12.1. The van der Waals surface area contributed by atoms with Crippen LogP contribution in [0.5, 0.6) is 5.75 Å². The van der Waals surface area contributed by atoms with E-state index in [-0.39, 0.29) is 5.56 Å². The first kappa shape index (κ1) is 14.8. The minimum absolute atomic E-state index is 0.00429. The van der Waals surface area contributed by atoms with Gasteiger partial charge in [0, 0.05) is 12.6 Å². The second kappa shape index (κ2) is 5.80. The summed E-state index contributed by atoms with van der Waals surface area (Å²) in [4.78, 5) is 23.8. The van der Waals surface area contributed by atoms with Crippen LogP contribution in [-0.2, 0) is 7.05 Å². The third kappa shape index (κ3) is 2.66. The lowest BCUT2D eigenvalue weighted by atomic mass is 10.1. The van der Waals surface area contributed by atoms with Crippen molar-refractivity contribution in [2.24, 2.45) is 12.9 Å². The molecular formula is C15H17N3O3. The third-order valence-electron chi connectivity index (χ3n) is 3.31. The SMILES string of the molecule is COc1ccc(C)cc1-c1ccc(C(=O)NN)c(=O)n1C. The Kier molecular flexibility index (Phi) is 4.09. The van der Waals surface area contributed by atoms with Crippen LogP contribution in [0.3, 0.4) is 0 Å². The minimum Gasteiger partial charge on any atom is -0.496 e. The number of hydrazine groups is 1. The van der Waals surface area contributed by atoms with Crippen LogP contribution in [-0.4, -0.2) is 17.6 Å². The number of ether oxygens (including phenoxy) is 1. The van der Waals surface area contributed by atoms with Crippen molar-refractivity contribution in [3.63, 3.8) is 0 Å². The normalized spacial score (nSPS) is 10.3. The fraction of sp³-hybridized carbons (Fsp3) is 0.200. The van der Waals surface area contributed by atoms with Crippen LogP contribution in [0.4, 0.5) is 0 Å². The zero-order chi connectivity index (χ0) is 15.6. The maximum atomic E-state index is 12.3. The number of aromatic nitrogens is 1. The summed E-state index contributed by atoms with van der Waals surface area (Å²) in [5.74, 6) is 5.12. The standard InChI is InChI=1S/C15H17N3O3/c1-9-4-7-13(21-3)11(8-9)12-6-5-10(14(19)17-16)15(20)18(12)2/h4-8H,16H2,1-3H3,(H,17,19). The van der Waals surface area contributed by atoms with Gasteiger partial charge in [-0.1, -0.05) is 11.6 Å². The summed E-state index contributed by atoms with van der Waals surface area (Å²) in [6.07, 6.45) is 0. The van der Waals surface area contributed by atoms with Gasteiger partial charge in [-0.15, -0.1) is 0 Å². The molecule has 0 radical (unpaired) electrons. The van der Waals surface area contributed by atoms with Crippen molar-refractivity contribution in [3.05, 3.63) is 51.8 Å². The number of rotatable bonds is 3. The molecule has 21 heavy (non-hydrogen) atoms. The molecule has 1 aromatic carbocycles. The van der Waals surface area contributed by atoms with E-state index in [1.54, 1.807) is 20.2 Å². The van der Waals surface area contributed by atoms with E-state index in [0.29, 0.717) is 11.4 Å². The number of aryl methyl sites for hydroxylation is 1. The molecule has 0 spiro atoms. The van der Waals surface area contributed by atoms with E-state index in [1.165, 1.54) is 10.6 Å². The number of methoxy groups -OCH3 is 1. The number of nitrogens with one attached hydrogen (secondary N) is 1. The average molecular weight is 287 g/mol. The molecule has 0 aliphatic heterocycles. The highest BCUT2D eigenvalue weighted by Gasteiger charge is 2.15. The number of nitrogens with zero attached hydrogens (tertiary/aromatic N) is 1. The molecule has 0 aliphatic carbocycles. The number of nitrogen functional groups attached to an aromatic ring is 1. The molecule has 0 saturated carbocycles. The topological polar surface area (TPSA) is 86.3 Å². The van der Waals surface area contributed by atoms with E-state index < -0.39 is 11.5 Å². The predicted octanol–water partition coefficient (Wildman–Crippen LogP) is 0.973. The minimum atomic E-state index is -0.613. The molecule has 2 aromatic rings. The lowest BCUT2D eigenvalue weighted by molar-refractivity contribution is 0.0951. The van der Waals surface area contributed by atoms with Gasteiger partial charge in [0.1, 0.15) is 11.3 Å². The Morgan fingerprint density at radius 3 is 2.62 bits per heavy atom. The number of hydrogen-bond acceptors (Lipinski definition) is 4. The van der Waals surface area contributed by atoms with Crippen molar-refractivity contribution < 1.29 is 9.53 Å². The van der Waals surface area contributed by atoms with Gasteiger partial charge in [-0.25, -0.2) is 5.84 Å². The first-order chi connectivity index (χ1) is 9.99. The Morgan fingerprint density at radius 1 is 1.29 bits per heavy atom. The largest absolute Gasteiger partial charge is 0.496 e. The summed E-state index contributed by atoms with van der Waals surface area (Å²) in [5.41, 5.74) is 4.03. The average Bonchev–Trinajstić information content (AvgIpc) is 2.49. The summed E-state index contributed by atoms with van der Waals surface area (Å²) in [5, 5.41) is 0. The number of carbonyl (C=O) groups excluding carboxylic acids is 1. The monoisotopic (exact) mass is 287 g/mol. The van der Waals surface area contributed by atoms with Crippen LogP contribution in [0.1, 0.15) is 15.9 Å². The van der Waals surface area contributed by atoms with E-state index in [2.05, 4.69) is 0 Å². The third-order valence-corrected chi connectivity index (χ3v) is 3.31. The van der Waals surface area contributed by atoms with Crippen molar-refractivity contribution >= 4 is 5.91 Å². The van der Waals surface area contributed by atoms with Crippen molar-refractivity contribution in [3.8, 4) is 17.0 Å². The van der Waals surface area contributed by atoms with Crippen molar-refractivity contribution in [1.82, 2.24) is 9.99 Å². The van der Waals surface area contributed by atoms with Gasteiger partial charge in [-0.2, -0.15) is 0 Å². The smallest absolute Gasteiger partial charge is 0.270 e. The summed E-state index contributed by atoms with van der Waals surface area (Å²) in [6.45, 7) is 1.96. The van der Waals surface area contributed by atoms with Crippen molar-refractivity contribution in [2.75, 3.05) is 7.11 Å². The number of hydrogen-bond donors (Lipinski definition) is 2. The fourth-order valence-corrected chi connectivity index (χ4v) is 2.18. The molecule has 1 heterocycles. The molecule has 0 bridgehead atoms. The van der Waals surface area contributed by atoms with Crippen LogP contribution in [0.15, 0.2) is 35.1 Å². The lowest BCUT2D eigenvalue weighted by Gasteiger charge is -2.14. The van der Waals surface area contributed by atoms with E-state index in [1.807, 2.05) is 30.5 Å². The molecular weight excluding hydrogens is 270 g/mol. The van der Waals surface area contributed by atoms with Gasteiger partial charge in [0.05, 0.1) is 12.8 Å². The Labute approximate surface area is 122 Å². The van der Waals surface area contributed by atoms with Crippen molar-refractivity contribution in [1.29, 1.82) is 0 Å². The summed E-state index contributed by atoms with van der Waals surface area (Å²) >= 11 is 0. The quantitative estimate of drug-likeness (QED) is 0.500. The van der Waals surface area contributed by atoms with E-state index in [0.717, 1.165) is 11.1 Å². The van der Waals surface area contributed by atoms with E-state index in [4.69, 9.17) is 10.6 Å². The van der Waals surface area contributed by atoms with Gasteiger partial charge in [0.2, 0.25) is 0 Å². The summed E-state index contributed by atoms with van der Waals surface area (Å²) in [7, 11) is 3.18. The molecule has 0 aliphatic rings. The second-order valence-corrected chi connectivity index (χ2v) is 4.67.